The molecule has 0 saturated carbocycles. The van der Waals surface area contributed by atoms with Crippen LogP contribution in [-0.2, 0) is 10.0 Å². The van der Waals surface area contributed by atoms with Crippen LogP contribution >= 0.6 is 11.6 Å². The number of hydrogen-bond acceptors (Lipinski definition) is 5. The number of anilines is 2. The van der Waals surface area contributed by atoms with Crippen LogP contribution in [-0.4, -0.2) is 27.6 Å². The van der Waals surface area contributed by atoms with Gasteiger partial charge in [0, 0.05) is 18.3 Å². The Morgan fingerprint density at radius 3 is 2.57 bits per heavy atom. The van der Waals surface area contributed by atoms with Gasteiger partial charge >= 0.3 is 0 Å². The van der Waals surface area contributed by atoms with Crippen LogP contribution in [0.25, 0.3) is 0 Å². The van der Waals surface area contributed by atoms with Crippen molar-refractivity contribution in [1.82, 2.24) is 4.98 Å². The van der Waals surface area contributed by atoms with Crippen molar-refractivity contribution in [3.8, 4) is 5.75 Å². The van der Waals surface area contributed by atoms with Crippen LogP contribution < -0.4 is 14.8 Å². The molecule has 8 heteroatoms. The first kappa shape index (κ1) is 15.4. The number of ether oxygens (including phenoxy) is 1. The SMILES string of the molecule is CNc1ccc(S(=O)(=O)Nc2cc(Cl)ccc2OC)cn1. The van der Waals surface area contributed by atoms with Crippen molar-refractivity contribution in [2.24, 2.45) is 0 Å². The average Bonchev–Trinajstić information content (AvgIpc) is 2.47. The smallest absolute Gasteiger partial charge is 0.263 e. The molecule has 0 spiro atoms. The number of aromatic nitrogens is 1. The molecule has 0 aliphatic rings. The quantitative estimate of drug-likeness (QED) is 0.882. The Balaban J connectivity index is 2.34. The van der Waals surface area contributed by atoms with Gasteiger partial charge in [0.15, 0.2) is 0 Å². The zero-order valence-electron chi connectivity index (χ0n) is 11.4. The van der Waals surface area contributed by atoms with Crippen LogP contribution in [0.1, 0.15) is 0 Å². The summed E-state index contributed by atoms with van der Waals surface area (Å²) in [4.78, 5) is 4.02. The van der Waals surface area contributed by atoms with E-state index in [4.69, 9.17) is 16.3 Å². The minimum atomic E-state index is -3.77. The number of sulfonamides is 1. The van der Waals surface area contributed by atoms with Crippen molar-refractivity contribution in [1.29, 1.82) is 0 Å². The summed E-state index contributed by atoms with van der Waals surface area (Å²) in [5.41, 5.74) is 0.266. The van der Waals surface area contributed by atoms with Crippen molar-refractivity contribution < 1.29 is 13.2 Å². The summed E-state index contributed by atoms with van der Waals surface area (Å²) in [6.45, 7) is 0. The Hall–Kier alpha value is -1.99. The van der Waals surface area contributed by atoms with Crippen LogP contribution in [0, 0.1) is 0 Å². The van der Waals surface area contributed by atoms with Crippen molar-refractivity contribution in [2.45, 2.75) is 4.90 Å². The molecule has 0 amide bonds. The molecule has 0 atom stereocenters. The molecule has 112 valence electrons. The summed E-state index contributed by atoms with van der Waals surface area (Å²) in [6, 6.07) is 7.71. The monoisotopic (exact) mass is 327 g/mol. The van der Waals surface area contributed by atoms with E-state index in [1.165, 1.54) is 25.4 Å². The van der Waals surface area contributed by atoms with Crippen molar-refractivity contribution >= 4 is 33.1 Å². The minimum Gasteiger partial charge on any atom is -0.495 e. The summed E-state index contributed by atoms with van der Waals surface area (Å²) >= 11 is 5.88. The van der Waals surface area contributed by atoms with Gasteiger partial charge in [-0.15, -0.1) is 0 Å². The van der Waals surface area contributed by atoms with Crippen LogP contribution in [0.2, 0.25) is 5.02 Å². The first-order valence-electron chi connectivity index (χ1n) is 5.96. The predicted molar refractivity (Wildman–Crippen MR) is 82.6 cm³/mol. The Labute approximate surface area is 128 Å². The van der Waals surface area contributed by atoms with E-state index in [1.54, 1.807) is 25.2 Å². The molecule has 21 heavy (non-hydrogen) atoms. The number of halogens is 1. The molecule has 1 aromatic heterocycles. The topological polar surface area (TPSA) is 80.3 Å². The summed E-state index contributed by atoms with van der Waals surface area (Å²) in [5.74, 6) is 0.956. The third kappa shape index (κ3) is 3.56. The highest BCUT2D eigenvalue weighted by molar-refractivity contribution is 7.92. The van der Waals surface area contributed by atoms with Gasteiger partial charge in [-0.2, -0.15) is 0 Å². The van der Waals surface area contributed by atoms with Crippen molar-refractivity contribution in [3.05, 3.63) is 41.6 Å². The second kappa shape index (κ2) is 6.19. The zero-order chi connectivity index (χ0) is 15.5. The van der Waals surface area contributed by atoms with E-state index in [1.807, 2.05) is 0 Å². The fourth-order valence-corrected chi connectivity index (χ4v) is 2.83. The second-order valence-electron chi connectivity index (χ2n) is 4.08. The minimum absolute atomic E-state index is 0.0449. The number of benzene rings is 1. The Kier molecular flexibility index (Phi) is 4.54. The molecule has 0 saturated heterocycles. The molecule has 6 nitrogen and oxygen atoms in total. The molecule has 2 N–H and O–H groups in total. The largest absolute Gasteiger partial charge is 0.495 e. The van der Waals surface area contributed by atoms with E-state index in [0.717, 1.165) is 0 Å². The fraction of sp³-hybridized carbons (Fsp3) is 0.154. The normalized spacial score (nSPS) is 11.0. The van der Waals surface area contributed by atoms with Gasteiger partial charge in [0.25, 0.3) is 10.0 Å². The molecule has 0 unspecified atom stereocenters. The Morgan fingerprint density at radius 2 is 2.00 bits per heavy atom. The van der Waals surface area contributed by atoms with Gasteiger partial charge < -0.3 is 10.1 Å². The second-order valence-corrected chi connectivity index (χ2v) is 6.20. The summed E-state index contributed by atoms with van der Waals surface area (Å²) in [7, 11) is -0.618. The lowest BCUT2D eigenvalue weighted by Crippen LogP contribution is -2.14. The lowest BCUT2D eigenvalue weighted by atomic mass is 10.3. The van der Waals surface area contributed by atoms with Gasteiger partial charge in [-0.1, -0.05) is 11.6 Å². The molecule has 2 rings (SSSR count). The van der Waals surface area contributed by atoms with E-state index in [0.29, 0.717) is 16.6 Å². The predicted octanol–water partition coefficient (Wildman–Crippen LogP) is 2.59. The van der Waals surface area contributed by atoms with Gasteiger partial charge in [-0.05, 0) is 30.3 Å². The number of rotatable bonds is 5. The molecule has 0 aliphatic heterocycles. The van der Waals surface area contributed by atoms with E-state index < -0.39 is 10.0 Å². The van der Waals surface area contributed by atoms with Crippen molar-refractivity contribution in [3.63, 3.8) is 0 Å². The molecule has 2 aromatic rings. The highest BCUT2D eigenvalue weighted by Gasteiger charge is 2.17. The third-order valence-corrected chi connectivity index (χ3v) is 4.29. The highest BCUT2D eigenvalue weighted by atomic mass is 35.5. The first-order chi connectivity index (χ1) is 9.96. The lowest BCUT2D eigenvalue weighted by molar-refractivity contribution is 0.417. The Bertz CT molecular complexity index is 733. The zero-order valence-corrected chi connectivity index (χ0v) is 13.0. The molecular formula is C13H14ClN3O3S. The standard InChI is InChI=1S/C13H14ClN3O3S/c1-15-13-6-4-10(8-16-13)21(18,19)17-11-7-9(14)3-5-12(11)20-2/h3-8,17H,1-2H3,(H,15,16). The third-order valence-electron chi connectivity index (χ3n) is 2.71. The molecule has 0 aliphatic carbocycles. The maximum absolute atomic E-state index is 12.3. The number of hydrogen-bond donors (Lipinski definition) is 2. The molecule has 0 bridgehead atoms. The molecule has 0 radical (unpaired) electrons. The van der Waals surface area contributed by atoms with E-state index in [2.05, 4.69) is 15.0 Å². The molecule has 0 fully saturated rings. The van der Waals surface area contributed by atoms with E-state index in [9.17, 15) is 8.42 Å². The van der Waals surface area contributed by atoms with Gasteiger partial charge in [0.2, 0.25) is 0 Å². The summed E-state index contributed by atoms with van der Waals surface area (Å²) in [6.07, 6.45) is 1.27. The summed E-state index contributed by atoms with van der Waals surface area (Å²) < 4.78 is 32.2. The van der Waals surface area contributed by atoms with Crippen LogP contribution in [0.15, 0.2) is 41.4 Å². The Morgan fingerprint density at radius 1 is 1.24 bits per heavy atom. The average molecular weight is 328 g/mol. The summed E-state index contributed by atoms with van der Waals surface area (Å²) in [5, 5.41) is 3.22. The van der Waals surface area contributed by atoms with E-state index in [-0.39, 0.29) is 10.6 Å². The number of pyridine rings is 1. The van der Waals surface area contributed by atoms with Crippen LogP contribution in [0.4, 0.5) is 11.5 Å². The van der Waals surface area contributed by atoms with E-state index >= 15 is 0 Å². The molecule has 1 aromatic carbocycles. The molecule has 1 heterocycles. The lowest BCUT2D eigenvalue weighted by Gasteiger charge is -2.12. The van der Waals surface area contributed by atoms with Crippen molar-refractivity contribution in [2.75, 3.05) is 24.2 Å². The van der Waals surface area contributed by atoms with Gasteiger partial charge in [-0.25, -0.2) is 13.4 Å². The van der Waals surface area contributed by atoms with Crippen LogP contribution in [0.5, 0.6) is 5.75 Å². The van der Waals surface area contributed by atoms with Gasteiger partial charge in [0.05, 0.1) is 12.8 Å². The maximum atomic E-state index is 12.3. The number of methoxy groups -OCH3 is 1. The number of nitrogens with zero attached hydrogens (tertiary/aromatic N) is 1. The van der Waals surface area contributed by atoms with Crippen LogP contribution in [0.3, 0.4) is 0 Å². The first-order valence-corrected chi connectivity index (χ1v) is 7.82. The fourth-order valence-electron chi connectivity index (χ4n) is 1.65. The highest BCUT2D eigenvalue weighted by Crippen LogP contribution is 2.29. The van der Waals surface area contributed by atoms with Gasteiger partial charge in [0.1, 0.15) is 16.5 Å². The maximum Gasteiger partial charge on any atom is 0.263 e. The number of nitrogens with one attached hydrogen (secondary N) is 2. The molecular weight excluding hydrogens is 314 g/mol. The van der Waals surface area contributed by atoms with Gasteiger partial charge in [-0.3, -0.25) is 4.72 Å².